The molecule has 1 aliphatic rings. The van der Waals surface area contributed by atoms with Gasteiger partial charge in [0.1, 0.15) is 0 Å². The summed E-state index contributed by atoms with van der Waals surface area (Å²) in [4.78, 5) is 14.6. The van der Waals surface area contributed by atoms with Crippen molar-refractivity contribution < 1.29 is 9.90 Å². The van der Waals surface area contributed by atoms with Gasteiger partial charge in [-0.2, -0.15) is 0 Å². The molecule has 4 heteroatoms. The van der Waals surface area contributed by atoms with Gasteiger partial charge < -0.3 is 14.9 Å². The lowest BCUT2D eigenvalue weighted by Gasteiger charge is -2.44. The lowest BCUT2D eigenvalue weighted by atomic mass is 9.80. The first-order valence-electron chi connectivity index (χ1n) is 5.51. The zero-order chi connectivity index (χ0) is 11.6. The number of rotatable bonds is 2. The first-order valence-corrected chi connectivity index (χ1v) is 5.51. The number of carbonyl (C=O) groups is 1. The first-order chi connectivity index (χ1) is 6.85. The van der Waals surface area contributed by atoms with Crippen molar-refractivity contribution in [1.82, 2.24) is 9.80 Å². The Bertz CT molecular complexity index is 239. The molecule has 0 radical (unpaired) electrons. The Kier molecular flexibility index (Phi) is 3.60. The monoisotopic (exact) mass is 214 g/mol. The predicted octanol–water partition coefficient (Wildman–Crippen LogP) is 1.72. The summed E-state index contributed by atoms with van der Waals surface area (Å²) in [6.07, 6.45) is 1.32. The number of likely N-dealkylation sites (tertiary alicyclic amines) is 1. The Morgan fingerprint density at radius 1 is 1.47 bits per heavy atom. The molecule has 0 spiro atoms. The van der Waals surface area contributed by atoms with Gasteiger partial charge in [0.15, 0.2) is 0 Å². The van der Waals surface area contributed by atoms with Gasteiger partial charge in [-0.05, 0) is 46.7 Å². The summed E-state index contributed by atoms with van der Waals surface area (Å²) in [6, 6.07) is 0. The summed E-state index contributed by atoms with van der Waals surface area (Å²) < 4.78 is 0. The molecule has 1 aliphatic heterocycles. The van der Waals surface area contributed by atoms with Crippen molar-refractivity contribution in [2.45, 2.75) is 32.2 Å². The summed E-state index contributed by atoms with van der Waals surface area (Å²) in [5, 5.41) is 8.97. The van der Waals surface area contributed by atoms with Gasteiger partial charge in [0, 0.05) is 18.6 Å². The fourth-order valence-electron chi connectivity index (χ4n) is 2.09. The molecule has 0 aromatic heterocycles. The molecule has 1 N–H and O–H groups in total. The first kappa shape index (κ1) is 12.3. The predicted molar refractivity (Wildman–Crippen MR) is 60.1 cm³/mol. The van der Waals surface area contributed by atoms with Gasteiger partial charge in [-0.1, -0.05) is 0 Å². The largest absolute Gasteiger partial charge is 0.465 e. The number of nitrogens with zero attached hydrogens (tertiary/aromatic N) is 2. The number of hydrogen-bond acceptors (Lipinski definition) is 2. The maximum atomic E-state index is 10.9. The van der Waals surface area contributed by atoms with Crippen LogP contribution in [0.3, 0.4) is 0 Å². The molecule has 1 heterocycles. The molecule has 1 amide bonds. The van der Waals surface area contributed by atoms with Gasteiger partial charge in [0.25, 0.3) is 0 Å². The van der Waals surface area contributed by atoms with Crippen molar-refractivity contribution in [3.63, 3.8) is 0 Å². The van der Waals surface area contributed by atoms with Crippen LogP contribution in [-0.2, 0) is 0 Å². The molecule has 0 aromatic carbocycles. The molecule has 1 fully saturated rings. The Morgan fingerprint density at radius 3 is 2.53 bits per heavy atom. The molecule has 1 saturated heterocycles. The normalized spacial score (nSPS) is 23.3. The number of carboxylic acid groups (broad SMARTS) is 1. The fourth-order valence-corrected chi connectivity index (χ4v) is 2.09. The second-order valence-corrected chi connectivity index (χ2v) is 5.12. The molecule has 1 atom stereocenters. The van der Waals surface area contributed by atoms with E-state index >= 15 is 0 Å². The smallest absolute Gasteiger partial charge is 0.407 e. The Hall–Kier alpha value is -0.770. The van der Waals surface area contributed by atoms with Gasteiger partial charge in [-0.25, -0.2) is 4.79 Å². The van der Waals surface area contributed by atoms with Crippen molar-refractivity contribution in [2.24, 2.45) is 5.92 Å². The maximum absolute atomic E-state index is 10.9. The quantitative estimate of drug-likeness (QED) is 0.761. The van der Waals surface area contributed by atoms with Crippen LogP contribution in [0.1, 0.15) is 26.7 Å². The van der Waals surface area contributed by atoms with E-state index in [2.05, 4.69) is 32.8 Å². The molecule has 4 nitrogen and oxygen atoms in total. The third-order valence-corrected chi connectivity index (χ3v) is 3.84. The molecule has 0 bridgehead atoms. The van der Waals surface area contributed by atoms with E-state index in [9.17, 15) is 4.79 Å². The van der Waals surface area contributed by atoms with Gasteiger partial charge in [0.05, 0.1) is 0 Å². The molecular formula is C11H22N2O2. The minimum atomic E-state index is -0.783. The topological polar surface area (TPSA) is 43.8 Å². The maximum Gasteiger partial charge on any atom is 0.407 e. The van der Waals surface area contributed by atoms with Crippen molar-refractivity contribution in [1.29, 1.82) is 0 Å². The molecule has 1 unspecified atom stereocenters. The highest BCUT2D eigenvalue weighted by Crippen LogP contribution is 2.30. The third kappa shape index (κ3) is 2.62. The molecule has 15 heavy (non-hydrogen) atoms. The van der Waals surface area contributed by atoms with Crippen molar-refractivity contribution in [3.8, 4) is 0 Å². The second kappa shape index (κ2) is 4.39. The SMILES string of the molecule is CN(C)C(C)(C)C1CCCN(C(=O)O)C1. The van der Waals surface area contributed by atoms with E-state index in [1.54, 1.807) is 4.90 Å². The summed E-state index contributed by atoms with van der Waals surface area (Å²) in [5.41, 5.74) is 0.0636. The lowest BCUT2D eigenvalue weighted by molar-refractivity contribution is 0.0509. The highest BCUT2D eigenvalue weighted by Gasteiger charge is 2.35. The van der Waals surface area contributed by atoms with Crippen LogP contribution in [0, 0.1) is 5.92 Å². The van der Waals surface area contributed by atoms with Crippen LogP contribution in [0.25, 0.3) is 0 Å². The van der Waals surface area contributed by atoms with Crippen LogP contribution >= 0.6 is 0 Å². The van der Waals surface area contributed by atoms with E-state index < -0.39 is 6.09 Å². The number of piperidine rings is 1. The van der Waals surface area contributed by atoms with Crippen molar-refractivity contribution in [3.05, 3.63) is 0 Å². The summed E-state index contributed by atoms with van der Waals surface area (Å²) >= 11 is 0. The fraction of sp³-hybridized carbons (Fsp3) is 0.909. The Labute approximate surface area is 91.9 Å². The molecule has 0 aromatic rings. The van der Waals surface area contributed by atoms with E-state index in [1.165, 1.54) is 0 Å². The van der Waals surface area contributed by atoms with Crippen LogP contribution in [0.2, 0.25) is 0 Å². The minimum Gasteiger partial charge on any atom is -0.465 e. The number of hydrogen-bond donors (Lipinski definition) is 1. The standard InChI is InChI=1S/C11H22N2O2/c1-11(2,12(3)4)9-6-5-7-13(8-9)10(14)15/h9H,5-8H2,1-4H3,(H,14,15). The van der Waals surface area contributed by atoms with Crippen LogP contribution in [0.5, 0.6) is 0 Å². The van der Waals surface area contributed by atoms with E-state index in [1.807, 2.05) is 0 Å². The Morgan fingerprint density at radius 2 is 2.07 bits per heavy atom. The van der Waals surface area contributed by atoms with Gasteiger partial charge >= 0.3 is 6.09 Å². The molecular weight excluding hydrogens is 192 g/mol. The summed E-state index contributed by atoms with van der Waals surface area (Å²) in [6.45, 7) is 5.72. The summed E-state index contributed by atoms with van der Waals surface area (Å²) in [7, 11) is 4.11. The zero-order valence-corrected chi connectivity index (χ0v) is 10.2. The zero-order valence-electron chi connectivity index (χ0n) is 10.2. The van der Waals surface area contributed by atoms with Crippen molar-refractivity contribution >= 4 is 6.09 Å². The van der Waals surface area contributed by atoms with Gasteiger partial charge in [0.2, 0.25) is 0 Å². The number of amides is 1. The average molecular weight is 214 g/mol. The summed E-state index contributed by atoms with van der Waals surface area (Å²) in [5.74, 6) is 0.428. The third-order valence-electron chi connectivity index (χ3n) is 3.84. The highest BCUT2D eigenvalue weighted by molar-refractivity contribution is 5.65. The minimum absolute atomic E-state index is 0.0636. The van der Waals surface area contributed by atoms with Gasteiger partial charge in [-0.3, -0.25) is 0 Å². The van der Waals surface area contributed by atoms with Crippen LogP contribution in [0.15, 0.2) is 0 Å². The van der Waals surface area contributed by atoms with Crippen LogP contribution in [0.4, 0.5) is 4.79 Å². The van der Waals surface area contributed by atoms with E-state index in [4.69, 9.17) is 5.11 Å². The lowest BCUT2D eigenvalue weighted by Crippen LogP contribution is -2.52. The van der Waals surface area contributed by atoms with E-state index in [-0.39, 0.29) is 5.54 Å². The molecule has 88 valence electrons. The molecule has 0 aliphatic carbocycles. The van der Waals surface area contributed by atoms with Crippen molar-refractivity contribution in [2.75, 3.05) is 27.2 Å². The van der Waals surface area contributed by atoms with Gasteiger partial charge in [-0.15, -0.1) is 0 Å². The van der Waals surface area contributed by atoms with Crippen LogP contribution in [-0.4, -0.2) is 53.7 Å². The second-order valence-electron chi connectivity index (χ2n) is 5.12. The van der Waals surface area contributed by atoms with E-state index in [0.29, 0.717) is 19.0 Å². The Balaban J connectivity index is 2.67. The molecule has 1 rings (SSSR count). The average Bonchev–Trinajstić information content (AvgIpc) is 2.17. The molecule has 0 saturated carbocycles. The van der Waals surface area contributed by atoms with Crippen LogP contribution < -0.4 is 0 Å². The highest BCUT2D eigenvalue weighted by atomic mass is 16.4. The van der Waals surface area contributed by atoms with E-state index in [0.717, 1.165) is 12.8 Å².